The summed E-state index contributed by atoms with van der Waals surface area (Å²) in [5, 5.41) is 2.57. The van der Waals surface area contributed by atoms with E-state index in [1.807, 2.05) is 0 Å². The van der Waals surface area contributed by atoms with Crippen molar-refractivity contribution in [3.63, 3.8) is 0 Å². The van der Waals surface area contributed by atoms with Crippen molar-refractivity contribution in [2.24, 2.45) is 5.73 Å². The minimum Gasteiger partial charge on any atom is -0.370 e. The van der Waals surface area contributed by atoms with Crippen molar-refractivity contribution in [3.8, 4) is 0 Å². The molecule has 0 aliphatic rings. The number of primary amides is 1. The number of rotatable bonds is 4. The predicted molar refractivity (Wildman–Crippen MR) is 49.8 cm³/mol. The molecule has 5 heteroatoms. The molecule has 0 spiro atoms. The van der Waals surface area contributed by atoms with Gasteiger partial charge in [0.15, 0.2) is 0 Å². The van der Waals surface area contributed by atoms with Crippen LogP contribution in [-0.2, 0) is 9.59 Å². The molecule has 0 aromatic rings. The number of alkyl halides is 1. The van der Waals surface area contributed by atoms with Gasteiger partial charge < -0.3 is 11.1 Å². The van der Waals surface area contributed by atoms with Gasteiger partial charge in [0, 0.05) is 13.0 Å². The van der Waals surface area contributed by atoms with Crippen LogP contribution in [-0.4, -0.2) is 22.7 Å². The maximum absolute atomic E-state index is 11.1. The number of hydrogen-bond acceptors (Lipinski definition) is 2. The Bertz CT molecular complexity index is 186. The average molecular weight is 237 g/mol. The van der Waals surface area contributed by atoms with Crippen LogP contribution in [0, 0.1) is 0 Å². The number of nitrogens with two attached hydrogens (primary N) is 1. The maximum Gasteiger partial charge on any atom is 0.236 e. The van der Waals surface area contributed by atoms with Gasteiger partial charge in [-0.05, 0) is 13.8 Å². The molecule has 70 valence electrons. The van der Waals surface area contributed by atoms with Gasteiger partial charge in [0.1, 0.15) is 0 Å². The Morgan fingerprint density at radius 2 is 2.00 bits per heavy atom. The van der Waals surface area contributed by atoms with Gasteiger partial charge in [0.05, 0.1) is 4.32 Å². The maximum atomic E-state index is 11.1. The lowest BCUT2D eigenvalue weighted by molar-refractivity contribution is -0.122. The first kappa shape index (κ1) is 11.4. The first-order valence-corrected chi connectivity index (χ1v) is 4.39. The summed E-state index contributed by atoms with van der Waals surface area (Å²) in [4.78, 5) is 21.4. The lowest BCUT2D eigenvalue weighted by atomic mass is 10.2. The lowest BCUT2D eigenvalue weighted by Crippen LogP contribution is -2.38. The van der Waals surface area contributed by atoms with E-state index in [1.165, 1.54) is 0 Å². The van der Waals surface area contributed by atoms with Crippen molar-refractivity contribution in [3.05, 3.63) is 0 Å². The molecular formula is C7H13BrN2O2. The normalized spacial score (nSPS) is 10.9. The predicted octanol–water partition coefficient (Wildman–Crippen LogP) is 0.152. The monoisotopic (exact) mass is 236 g/mol. The van der Waals surface area contributed by atoms with Gasteiger partial charge in [-0.25, -0.2) is 0 Å². The second kappa shape index (κ2) is 4.45. The molecule has 4 nitrogen and oxygen atoms in total. The van der Waals surface area contributed by atoms with E-state index in [-0.39, 0.29) is 12.3 Å². The Labute approximate surface area is 80.0 Å². The van der Waals surface area contributed by atoms with Crippen molar-refractivity contribution in [1.29, 1.82) is 0 Å². The van der Waals surface area contributed by atoms with E-state index < -0.39 is 10.2 Å². The van der Waals surface area contributed by atoms with Crippen LogP contribution >= 0.6 is 15.9 Å². The van der Waals surface area contributed by atoms with E-state index >= 15 is 0 Å². The molecule has 0 rings (SSSR count). The second-order valence-corrected chi connectivity index (χ2v) is 4.93. The SMILES string of the molecule is CC(C)(Br)C(=O)NCCC(N)=O. The molecule has 0 unspecified atom stereocenters. The average Bonchev–Trinajstić information content (AvgIpc) is 1.84. The van der Waals surface area contributed by atoms with Gasteiger partial charge in [0.2, 0.25) is 11.8 Å². The Morgan fingerprint density at radius 1 is 1.50 bits per heavy atom. The third kappa shape index (κ3) is 5.12. The molecule has 0 radical (unpaired) electrons. The minimum atomic E-state index is -0.593. The number of amides is 2. The van der Waals surface area contributed by atoms with Gasteiger partial charge in [-0.1, -0.05) is 15.9 Å². The van der Waals surface area contributed by atoms with Gasteiger partial charge in [-0.2, -0.15) is 0 Å². The molecule has 0 aromatic heterocycles. The van der Waals surface area contributed by atoms with Crippen LogP contribution in [0.3, 0.4) is 0 Å². The summed E-state index contributed by atoms with van der Waals surface area (Å²) in [5.74, 6) is -0.563. The zero-order chi connectivity index (χ0) is 9.78. The highest BCUT2D eigenvalue weighted by atomic mass is 79.9. The largest absolute Gasteiger partial charge is 0.370 e. The van der Waals surface area contributed by atoms with E-state index in [0.717, 1.165) is 0 Å². The minimum absolute atomic E-state index is 0.149. The molecule has 0 saturated heterocycles. The van der Waals surface area contributed by atoms with Crippen LogP contribution in [0.2, 0.25) is 0 Å². The summed E-state index contributed by atoms with van der Waals surface area (Å²) < 4.78 is -0.593. The van der Waals surface area contributed by atoms with Gasteiger partial charge in [0.25, 0.3) is 0 Å². The molecule has 0 aliphatic carbocycles. The Kier molecular flexibility index (Phi) is 4.23. The molecule has 0 heterocycles. The molecule has 0 atom stereocenters. The van der Waals surface area contributed by atoms with Crippen molar-refractivity contribution >= 4 is 27.7 Å². The van der Waals surface area contributed by atoms with Crippen molar-refractivity contribution < 1.29 is 9.59 Å². The first-order chi connectivity index (χ1) is 5.34. The van der Waals surface area contributed by atoms with Crippen LogP contribution in [0.5, 0.6) is 0 Å². The van der Waals surface area contributed by atoms with E-state index in [9.17, 15) is 9.59 Å². The Hall–Kier alpha value is -0.580. The van der Waals surface area contributed by atoms with Crippen molar-refractivity contribution in [2.75, 3.05) is 6.54 Å². The Morgan fingerprint density at radius 3 is 2.33 bits per heavy atom. The topological polar surface area (TPSA) is 72.2 Å². The molecule has 2 amide bonds. The highest BCUT2D eigenvalue weighted by Gasteiger charge is 2.22. The van der Waals surface area contributed by atoms with Crippen LogP contribution in [0.25, 0.3) is 0 Å². The van der Waals surface area contributed by atoms with Crippen molar-refractivity contribution in [2.45, 2.75) is 24.6 Å². The molecule has 0 fully saturated rings. The van der Waals surface area contributed by atoms with Crippen molar-refractivity contribution in [1.82, 2.24) is 5.32 Å². The highest BCUT2D eigenvalue weighted by Crippen LogP contribution is 2.14. The van der Waals surface area contributed by atoms with Crippen LogP contribution in [0.1, 0.15) is 20.3 Å². The van der Waals surface area contributed by atoms with E-state index in [1.54, 1.807) is 13.8 Å². The molecule has 0 saturated carbocycles. The summed E-state index contributed by atoms with van der Waals surface area (Å²) in [6.07, 6.45) is 0.175. The summed E-state index contributed by atoms with van der Waals surface area (Å²) in [5.41, 5.74) is 4.89. The molecule has 0 bridgehead atoms. The van der Waals surface area contributed by atoms with E-state index in [4.69, 9.17) is 5.73 Å². The Balaban J connectivity index is 3.66. The fraction of sp³-hybridized carbons (Fsp3) is 0.714. The number of carbonyl (C=O) groups is 2. The number of halogens is 1. The number of nitrogens with one attached hydrogen (secondary N) is 1. The smallest absolute Gasteiger partial charge is 0.236 e. The molecule has 0 aromatic carbocycles. The van der Waals surface area contributed by atoms with Crippen LogP contribution in [0.15, 0.2) is 0 Å². The van der Waals surface area contributed by atoms with Crippen LogP contribution < -0.4 is 11.1 Å². The highest BCUT2D eigenvalue weighted by molar-refractivity contribution is 9.10. The van der Waals surface area contributed by atoms with E-state index in [0.29, 0.717) is 6.54 Å². The first-order valence-electron chi connectivity index (χ1n) is 3.59. The lowest BCUT2D eigenvalue weighted by Gasteiger charge is -2.14. The summed E-state index contributed by atoms with van der Waals surface area (Å²) in [6.45, 7) is 3.75. The summed E-state index contributed by atoms with van der Waals surface area (Å²) in [6, 6.07) is 0. The summed E-state index contributed by atoms with van der Waals surface area (Å²) >= 11 is 3.18. The number of hydrogen-bond donors (Lipinski definition) is 2. The van der Waals surface area contributed by atoms with E-state index in [2.05, 4.69) is 21.2 Å². The second-order valence-electron chi connectivity index (χ2n) is 2.94. The van der Waals surface area contributed by atoms with Crippen LogP contribution in [0.4, 0.5) is 0 Å². The quantitative estimate of drug-likeness (QED) is 0.683. The molecular weight excluding hydrogens is 224 g/mol. The fourth-order valence-corrected chi connectivity index (χ4v) is 0.650. The van der Waals surface area contributed by atoms with Gasteiger partial charge in [-0.15, -0.1) is 0 Å². The zero-order valence-electron chi connectivity index (χ0n) is 7.19. The third-order valence-electron chi connectivity index (χ3n) is 1.20. The zero-order valence-corrected chi connectivity index (χ0v) is 8.77. The standard InChI is InChI=1S/C7H13BrN2O2/c1-7(2,8)6(12)10-4-3-5(9)11/h3-4H2,1-2H3,(H2,9,11)(H,10,12). The van der Waals surface area contributed by atoms with Gasteiger partial charge in [-0.3, -0.25) is 9.59 Å². The molecule has 12 heavy (non-hydrogen) atoms. The van der Waals surface area contributed by atoms with Gasteiger partial charge >= 0.3 is 0 Å². The molecule has 3 N–H and O–H groups in total. The number of carbonyl (C=O) groups excluding carboxylic acids is 2. The third-order valence-corrected chi connectivity index (χ3v) is 1.56. The summed E-state index contributed by atoms with van der Waals surface area (Å²) in [7, 11) is 0. The molecule has 0 aliphatic heterocycles. The fourth-order valence-electron chi connectivity index (χ4n) is 0.509.